The van der Waals surface area contributed by atoms with Crippen LogP contribution in [0.25, 0.3) is 0 Å². The lowest BCUT2D eigenvalue weighted by atomic mass is 10.0. The molecule has 0 aliphatic carbocycles. The second-order valence-electron chi connectivity index (χ2n) is 4.26. The largest absolute Gasteiger partial charge is 0.496 e. The van der Waals surface area contributed by atoms with E-state index in [1.54, 1.807) is 14.2 Å². The van der Waals surface area contributed by atoms with Crippen molar-refractivity contribution in [1.82, 2.24) is 4.90 Å². The van der Waals surface area contributed by atoms with E-state index < -0.39 is 0 Å². The highest BCUT2D eigenvalue weighted by Gasteiger charge is 2.30. The summed E-state index contributed by atoms with van der Waals surface area (Å²) in [4.78, 5) is 6.29. The van der Waals surface area contributed by atoms with E-state index in [1.807, 2.05) is 23.1 Å². The predicted molar refractivity (Wildman–Crippen MR) is 75.8 cm³/mol. The summed E-state index contributed by atoms with van der Waals surface area (Å²) < 4.78 is 10.5. The summed E-state index contributed by atoms with van der Waals surface area (Å²) in [7, 11) is 3.29. The number of halogens is 1. The minimum Gasteiger partial charge on any atom is -0.496 e. The molecule has 1 aliphatic rings. The van der Waals surface area contributed by atoms with Crippen LogP contribution in [-0.2, 0) is 4.74 Å². The van der Waals surface area contributed by atoms with Gasteiger partial charge in [-0.3, -0.25) is 4.99 Å². The molecule has 1 aromatic carbocycles. The van der Waals surface area contributed by atoms with Crippen molar-refractivity contribution in [3.63, 3.8) is 0 Å². The molecule has 0 saturated heterocycles. The Morgan fingerprint density at radius 3 is 2.95 bits per heavy atom. The molecule has 0 fully saturated rings. The van der Waals surface area contributed by atoms with Gasteiger partial charge in [0.1, 0.15) is 5.75 Å². The van der Waals surface area contributed by atoms with Crippen molar-refractivity contribution in [3.8, 4) is 5.75 Å². The molecule has 0 amide bonds. The summed E-state index contributed by atoms with van der Waals surface area (Å²) in [6.45, 7) is 1.83. The van der Waals surface area contributed by atoms with E-state index in [2.05, 4.69) is 4.99 Å². The number of nitrogens with zero attached hydrogens (tertiary/aromatic N) is 2. The maximum Gasteiger partial charge on any atom is 0.192 e. The molecule has 1 atom stereocenters. The highest BCUT2D eigenvalue weighted by molar-refractivity contribution is 6.31. The van der Waals surface area contributed by atoms with Crippen molar-refractivity contribution < 1.29 is 9.47 Å². The number of rotatable bonds is 5. The molecule has 0 radical (unpaired) electrons. The smallest absolute Gasteiger partial charge is 0.192 e. The normalized spacial score (nSPS) is 18.6. The molecule has 0 saturated carbocycles. The summed E-state index contributed by atoms with van der Waals surface area (Å²) in [6, 6.07) is 5.61. The first-order valence-electron chi connectivity index (χ1n) is 6.07. The number of methoxy groups -OCH3 is 2. The third-order valence-electron chi connectivity index (χ3n) is 3.20. The molecule has 5 nitrogen and oxygen atoms in total. The molecular weight excluding hydrogens is 266 g/mol. The second kappa shape index (κ2) is 6.12. The van der Waals surface area contributed by atoms with Crippen LogP contribution in [0.4, 0.5) is 0 Å². The zero-order valence-corrected chi connectivity index (χ0v) is 11.9. The molecular formula is C13H18ClN3O2. The van der Waals surface area contributed by atoms with Crippen LogP contribution in [0.2, 0.25) is 5.02 Å². The van der Waals surface area contributed by atoms with Gasteiger partial charge >= 0.3 is 0 Å². The Morgan fingerprint density at radius 1 is 1.47 bits per heavy atom. The average Bonchev–Trinajstić information content (AvgIpc) is 2.77. The first-order valence-corrected chi connectivity index (χ1v) is 6.44. The fraction of sp³-hybridized carbons (Fsp3) is 0.462. The topological polar surface area (TPSA) is 60.1 Å². The zero-order valence-electron chi connectivity index (χ0n) is 11.1. The molecule has 0 spiro atoms. The van der Waals surface area contributed by atoms with Gasteiger partial charge < -0.3 is 20.1 Å². The van der Waals surface area contributed by atoms with Gasteiger partial charge in [0.2, 0.25) is 0 Å². The zero-order chi connectivity index (χ0) is 13.8. The fourth-order valence-electron chi connectivity index (χ4n) is 2.25. The van der Waals surface area contributed by atoms with Crippen molar-refractivity contribution in [2.75, 3.05) is 33.9 Å². The van der Waals surface area contributed by atoms with Crippen LogP contribution in [0.5, 0.6) is 5.75 Å². The van der Waals surface area contributed by atoms with Crippen molar-refractivity contribution in [1.29, 1.82) is 0 Å². The van der Waals surface area contributed by atoms with E-state index in [0.29, 0.717) is 30.7 Å². The van der Waals surface area contributed by atoms with Crippen LogP contribution in [-0.4, -0.2) is 44.8 Å². The lowest BCUT2D eigenvalue weighted by molar-refractivity contribution is 0.166. The van der Waals surface area contributed by atoms with E-state index in [1.165, 1.54) is 0 Å². The van der Waals surface area contributed by atoms with E-state index in [0.717, 1.165) is 11.3 Å². The average molecular weight is 284 g/mol. The maximum atomic E-state index is 6.31. The first kappa shape index (κ1) is 14.0. The summed E-state index contributed by atoms with van der Waals surface area (Å²) in [5, 5.41) is 0.664. The highest BCUT2D eigenvalue weighted by Crippen LogP contribution is 2.37. The minimum atomic E-state index is -0.00111. The Labute approximate surface area is 118 Å². The van der Waals surface area contributed by atoms with Crippen LogP contribution in [0.15, 0.2) is 23.2 Å². The molecule has 0 bridgehead atoms. The molecule has 104 valence electrons. The molecule has 1 aliphatic heterocycles. The quantitative estimate of drug-likeness (QED) is 0.893. The number of nitrogens with two attached hydrogens (primary N) is 1. The molecule has 1 unspecified atom stereocenters. The van der Waals surface area contributed by atoms with Gasteiger partial charge in [0.25, 0.3) is 0 Å². The molecule has 2 rings (SSSR count). The third kappa shape index (κ3) is 2.77. The Hall–Kier alpha value is -1.46. The summed E-state index contributed by atoms with van der Waals surface area (Å²) in [5.41, 5.74) is 6.85. The predicted octanol–water partition coefficient (Wildman–Crippen LogP) is 1.67. The van der Waals surface area contributed by atoms with Crippen molar-refractivity contribution in [2.24, 2.45) is 10.7 Å². The Bertz CT molecular complexity index is 479. The number of hydrogen-bond donors (Lipinski definition) is 1. The molecule has 2 N–H and O–H groups in total. The van der Waals surface area contributed by atoms with E-state index in [-0.39, 0.29) is 6.04 Å². The van der Waals surface area contributed by atoms with Crippen LogP contribution in [0.3, 0.4) is 0 Å². The van der Waals surface area contributed by atoms with Gasteiger partial charge in [-0.2, -0.15) is 0 Å². The van der Waals surface area contributed by atoms with Crippen LogP contribution in [0, 0.1) is 0 Å². The Kier molecular flexibility index (Phi) is 4.50. The number of ether oxygens (including phenoxy) is 2. The third-order valence-corrected chi connectivity index (χ3v) is 3.53. The van der Waals surface area contributed by atoms with Gasteiger partial charge in [0.05, 0.1) is 26.3 Å². The highest BCUT2D eigenvalue weighted by atomic mass is 35.5. The lowest BCUT2D eigenvalue weighted by Gasteiger charge is -2.28. The van der Waals surface area contributed by atoms with Gasteiger partial charge in [0, 0.05) is 24.2 Å². The maximum absolute atomic E-state index is 6.31. The summed E-state index contributed by atoms with van der Waals surface area (Å²) in [5.74, 6) is 1.27. The number of benzene rings is 1. The number of guanidine groups is 1. The van der Waals surface area contributed by atoms with Gasteiger partial charge in [-0.15, -0.1) is 0 Å². The monoisotopic (exact) mass is 283 g/mol. The van der Waals surface area contributed by atoms with E-state index in [9.17, 15) is 0 Å². The molecule has 0 aromatic heterocycles. The Morgan fingerprint density at radius 2 is 2.26 bits per heavy atom. The molecule has 19 heavy (non-hydrogen) atoms. The van der Waals surface area contributed by atoms with E-state index in [4.69, 9.17) is 26.8 Å². The van der Waals surface area contributed by atoms with Crippen molar-refractivity contribution >= 4 is 17.6 Å². The van der Waals surface area contributed by atoms with Gasteiger partial charge in [-0.05, 0) is 12.1 Å². The number of aliphatic imine (C=N–C) groups is 1. The first-order chi connectivity index (χ1) is 9.19. The van der Waals surface area contributed by atoms with Crippen LogP contribution < -0.4 is 10.5 Å². The van der Waals surface area contributed by atoms with Gasteiger partial charge in [0.15, 0.2) is 5.96 Å². The minimum absolute atomic E-state index is 0.00111. The molecule has 6 heteroatoms. The second-order valence-corrected chi connectivity index (χ2v) is 4.66. The van der Waals surface area contributed by atoms with E-state index >= 15 is 0 Å². The lowest BCUT2D eigenvalue weighted by Crippen LogP contribution is -2.38. The summed E-state index contributed by atoms with van der Waals surface area (Å²) in [6.07, 6.45) is 0. The van der Waals surface area contributed by atoms with Gasteiger partial charge in [-0.25, -0.2) is 0 Å². The van der Waals surface area contributed by atoms with Crippen LogP contribution in [0.1, 0.15) is 11.6 Å². The van der Waals surface area contributed by atoms with Crippen molar-refractivity contribution in [2.45, 2.75) is 6.04 Å². The van der Waals surface area contributed by atoms with Crippen LogP contribution >= 0.6 is 11.6 Å². The van der Waals surface area contributed by atoms with Gasteiger partial charge in [-0.1, -0.05) is 17.7 Å². The number of hydrogen-bond acceptors (Lipinski definition) is 5. The Balaban J connectivity index is 2.31. The fourth-order valence-corrected chi connectivity index (χ4v) is 2.55. The molecule has 1 aromatic rings. The van der Waals surface area contributed by atoms with Crippen molar-refractivity contribution in [3.05, 3.63) is 28.8 Å². The summed E-state index contributed by atoms with van der Waals surface area (Å²) >= 11 is 6.31. The standard InChI is InChI=1S/C13H18ClN3O2/c1-18-7-6-17-10(8-16-13(17)15)12-9(14)4-3-5-11(12)19-2/h3-5,10H,6-8H2,1-2H3,(H2,15,16). The molecule has 1 heterocycles. The SMILES string of the molecule is COCCN1C(N)=NCC1c1c(Cl)cccc1OC.